The van der Waals surface area contributed by atoms with Gasteiger partial charge < -0.3 is 14.8 Å². The quantitative estimate of drug-likeness (QED) is 0.751. The Labute approximate surface area is 124 Å². The number of hydrogen-bond acceptors (Lipinski definition) is 3. The molecule has 5 heteroatoms. The van der Waals surface area contributed by atoms with Gasteiger partial charge in [0.2, 0.25) is 5.91 Å². The van der Waals surface area contributed by atoms with E-state index in [9.17, 15) is 4.79 Å². The van der Waals surface area contributed by atoms with E-state index in [-0.39, 0.29) is 5.91 Å². The molecule has 1 aromatic carbocycles. The topological polar surface area (TPSA) is 47.6 Å². The summed E-state index contributed by atoms with van der Waals surface area (Å²) in [5, 5.41) is 3.47. The lowest BCUT2D eigenvalue weighted by molar-refractivity contribution is -0.132. The molecule has 1 fully saturated rings. The van der Waals surface area contributed by atoms with Crippen LogP contribution in [0.1, 0.15) is 19.8 Å². The minimum absolute atomic E-state index is 0.0923. The molecule has 1 aromatic rings. The maximum absolute atomic E-state index is 11.7. The van der Waals surface area contributed by atoms with Crippen molar-refractivity contribution >= 4 is 17.5 Å². The van der Waals surface area contributed by atoms with Gasteiger partial charge in [0, 0.05) is 5.02 Å². The summed E-state index contributed by atoms with van der Waals surface area (Å²) in [6.07, 6.45) is 2.05. The first kappa shape index (κ1) is 15.1. The molecule has 0 saturated heterocycles. The van der Waals surface area contributed by atoms with Gasteiger partial charge in [0.1, 0.15) is 18.5 Å². The fraction of sp³-hybridized carbons (Fsp3) is 0.533. The standard InChI is InChI=1S/C15H20ClNO3/c1-11(20-10-12-2-3-12)15(18)17-8-9-19-14-6-4-13(16)5-7-14/h4-7,11-12H,2-3,8-10H2,1H3,(H,17,18). The molecule has 110 valence electrons. The van der Waals surface area contributed by atoms with E-state index < -0.39 is 6.10 Å². The molecule has 20 heavy (non-hydrogen) atoms. The second-order valence-corrected chi connectivity index (χ2v) is 5.45. The lowest BCUT2D eigenvalue weighted by Crippen LogP contribution is -2.37. The van der Waals surface area contributed by atoms with Gasteiger partial charge in [0.05, 0.1) is 13.2 Å². The number of amides is 1. The van der Waals surface area contributed by atoms with Crippen LogP contribution in [-0.2, 0) is 9.53 Å². The van der Waals surface area contributed by atoms with E-state index in [0.717, 1.165) is 5.75 Å². The van der Waals surface area contributed by atoms with E-state index in [0.29, 0.717) is 30.7 Å². The molecule has 0 spiro atoms. The van der Waals surface area contributed by atoms with Crippen molar-refractivity contribution in [3.8, 4) is 5.75 Å². The molecule has 2 rings (SSSR count). The first-order valence-corrected chi connectivity index (χ1v) is 7.30. The van der Waals surface area contributed by atoms with Gasteiger partial charge in [-0.05, 0) is 49.9 Å². The lowest BCUT2D eigenvalue weighted by Gasteiger charge is -2.13. The van der Waals surface area contributed by atoms with Gasteiger partial charge in [-0.1, -0.05) is 11.6 Å². The molecule has 0 radical (unpaired) electrons. The van der Waals surface area contributed by atoms with Crippen molar-refractivity contribution in [3.05, 3.63) is 29.3 Å². The summed E-state index contributed by atoms with van der Waals surface area (Å²) in [6.45, 7) is 3.34. The average Bonchev–Trinajstić information content (AvgIpc) is 3.27. The van der Waals surface area contributed by atoms with Gasteiger partial charge in [0.25, 0.3) is 0 Å². The first-order chi connectivity index (χ1) is 9.65. The molecular weight excluding hydrogens is 278 g/mol. The predicted octanol–water partition coefficient (Wildman–Crippen LogP) is 2.65. The zero-order valence-corrected chi connectivity index (χ0v) is 12.4. The molecule has 1 unspecified atom stereocenters. The highest BCUT2D eigenvalue weighted by molar-refractivity contribution is 6.30. The average molecular weight is 298 g/mol. The Morgan fingerprint density at radius 3 is 2.75 bits per heavy atom. The fourth-order valence-electron chi connectivity index (χ4n) is 1.66. The molecule has 4 nitrogen and oxygen atoms in total. The van der Waals surface area contributed by atoms with Crippen LogP contribution in [0, 0.1) is 5.92 Å². The molecule has 1 atom stereocenters. The third-order valence-electron chi connectivity index (χ3n) is 3.13. The van der Waals surface area contributed by atoms with Crippen LogP contribution in [0.2, 0.25) is 5.02 Å². The van der Waals surface area contributed by atoms with Gasteiger partial charge in [0.15, 0.2) is 0 Å². The second-order valence-electron chi connectivity index (χ2n) is 5.01. The van der Waals surface area contributed by atoms with Crippen LogP contribution in [0.3, 0.4) is 0 Å². The van der Waals surface area contributed by atoms with Crippen molar-refractivity contribution in [1.29, 1.82) is 0 Å². The van der Waals surface area contributed by atoms with E-state index in [1.54, 1.807) is 31.2 Å². The SMILES string of the molecule is CC(OCC1CC1)C(=O)NCCOc1ccc(Cl)cc1. The number of hydrogen-bond donors (Lipinski definition) is 1. The predicted molar refractivity (Wildman–Crippen MR) is 78.1 cm³/mol. The molecular formula is C15H20ClNO3. The third kappa shape index (κ3) is 5.39. The molecule has 1 aliphatic carbocycles. The summed E-state index contributed by atoms with van der Waals surface area (Å²) in [5.41, 5.74) is 0. The van der Waals surface area contributed by atoms with Crippen LogP contribution in [0.4, 0.5) is 0 Å². The Morgan fingerprint density at radius 2 is 2.10 bits per heavy atom. The Kier molecular flexibility index (Phi) is 5.68. The lowest BCUT2D eigenvalue weighted by atomic mass is 10.3. The summed E-state index contributed by atoms with van der Waals surface area (Å²) < 4.78 is 11.0. The van der Waals surface area contributed by atoms with Crippen molar-refractivity contribution < 1.29 is 14.3 Å². The Balaban J connectivity index is 1.57. The van der Waals surface area contributed by atoms with Gasteiger partial charge in [-0.2, -0.15) is 0 Å². The molecule has 1 saturated carbocycles. The zero-order valence-electron chi connectivity index (χ0n) is 11.6. The van der Waals surface area contributed by atoms with Crippen LogP contribution in [0.15, 0.2) is 24.3 Å². The summed E-state index contributed by atoms with van der Waals surface area (Å²) in [4.78, 5) is 11.7. The summed E-state index contributed by atoms with van der Waals surface area (Å²) in [6, 6.07) is 7.13. The Hall–Kier alpha value is -1.26. The smallest absolute Gasteiger partial charge is 0.248 e. The number of nitrogens with one attached hydrogen (secondary N) is 1. The van der Waals surface area contributed by atoms with Crippen molar-refractivity contribution in [2.24, 2.45) is 5.92 Å². The van der Waals surface area contributed by atoms with Crippen molar-refractivity contribution in [2.75, 3.05) is 19.8 Å². The van der Waals surface area contributed by atoms with Crippen LogP contribution < -0.4 is 10.1 Å². The second kappa shape index (κ2) is 7.50. The van der Waals surface area contributed by atoms with E-state index in [1.807, 2.05) is 0 Å². The highest BCUT2D eigenvalue weighted by Crippen LogP contribution is 2.29. The Morgan fingerprint density at radius 1 is 1.40 bits per heavy atom. The maximum atomic E-state index is 11.7. The molecule has 0 heterocycles. The monoisotopic (exact) mass is 297 g/mol. The number of carbonyl (C=O) groups excluding carboxylic acids is 1. The number of ether oxygens (including phenoxy) is 2. The van der Waals surface area contributed by atoms with Crippen molar-refractivity contribution in [3.63, 3.8) is 0 Å². The maximum Gasteiger partial charge on any atom is 0.248 e. The van der Waals surface area contributed by atoms with E-state index in [2.05, 4.69) is 5.32 Å². The summed E-state index contributed by atoms with van der Waals surface area (Å²) in [5.74, 6) is 1.31. The number of benzene rings is 1. The van der Waals surface area contributed by atoms with Gasteiger partial charge in [-0.3, -0.25) is 4.79 Å². The minimum Gasteiger partial charge on any atom is -0.492 e. The van der Waals surface area contributed by atoms with Gasteiger partial charge >= 0.3 is 0 Å². The first-order valence-electron chi connectivity index (χ1n) is 6.93. The van der Waals surface area contributed by atoms with Crippen LogP contribution in [0.5, 0.6) is 5.75 Å². The van der Waals surface area contributed by atoms with Crippen LogP contribution in [0.25, 0.3) is 0 Å². The number of rotatable bonds is 8. The van der Waals surface area contributed by atoms with E-state index in [1.165, 1.54) is 12.8 Å². The molecule has 0 aliphatic heterocycles. The van der Waals surface area contributed by atoms with E-state index in [4.69, 9.17) is 21.1 Å². The molecule has 0 bridgehead atoms. The normalized spacial score (nSPS) is 15.7. The summed E-state index contributed by atoms with van der Waals surface area (Å²) >= 11 is 5.78. The van der Waals surface area contributed by atoms with E-state index >= 15 is 0 Å². The largest absolute Gasteiger partial charge is 0.492 e. The van der Waals surface area contributed by atoms with Crippen LogP contribution in [-0.4, -0.2) is 31.8 Å². The zero-order chi connectivity index (χ0) is 14.4. The van der Waals surface area contributed by atoms with Crippen LogP contribution >= 0.6 is 11.6 Å². The van der Waals surface area contributed by atoms with Gasteiger partial charge in [-0.25, -0.2) is 0 Å². The van der Waals surface area contributed by atoms with Crippen molar-refractivity contribution in [1.82, 2.24) is 5.32 Å². The number of halogens is 1. The summed E-state index contributed by atoms with van der Waals surface area (Å²) in [7, 11) is 0. The molecule has 0 aromatic heterocycles. The number of carbonyl (C=O) groups is 1. The molecule has 1 N–H and O–H groups in total. The molecule has 1 aliphatic rings. The third-order valence-corrected chi connectivity index (χ3v) is 3.38. The highest BCUT2D eigenvalue weighted by atomic mass is 35.5. The Bertz CT molecular complexity index is 431. The minimum atomic E-state index is -0.397. The molecule has 1 amide bonds. The van der Waals surface area contributed by atoms with Crippen molar-refractivity contribution in [2.45, 2.75) is 25.9 Å². The van der Waals surface area contributed by atoms with Gasteiger partial charge in [-0.15, -0.1) is 0 Å². The highest BCUT2D eigenvalue weighted by Gasteiger charge is 2.23. The fourth-order valence-corrected chi connectivity index (χ4v) is 1.78.